The minimum atomic E-state index is -0.188. The van der Waals surface area contributed by atoms with Crippen LogP contribution < -0.4 is 10.6 Å². The molecule has 0 bridgehead atoms. The molecule has 0 radical (unpaired) electrons. The topological polar surface area (TPSA) is 63.5 Å². The zero-order chi connectivity index (χ0) is 15.9. The lowest BCUT2D eigenvalue weighted by Gasteiger charge is -2.24. The van der Waals surface area contributed by atoms with Crippen LogP contribution in [-0.2, 0) is 9.53 Å². The minimum absolute atomic E-state index is 0.188. The molecular weight excluding hydrogens is 292 g/mol. The number of hydrogen-bond donors (Lipinski definition) is 2. The van der Waals surface area contributed by atoms with Crippen molar-refractivity contribution in [3.8, 4) is 0 Å². The van der Waals surface area contributed by atoms with Crippen LogP contribution in [0.1, 0.15) is 18.6 Å². The number of carbonyl (C=O) groups excluding carboxylic acids is 1. The molecule has 1 aliphatic rings. The first-order valence-electron chi connectivity index (χ1n) is 7.76. The molecule has 0 atom stereocenters. The first-order chi connectivity index (χ1) is 11.3. The maximum atomic E-state index is 11.8. The number of carbonyl (C=O) groups is 1. The van der Waals surface area contributed by atoms with Gasteiger partial charge in [0.1, 0.15) is 5.76 Å². The second kappa shape index (κ2) is 7.65. The summed E-state index contributed by atoms with van der Waals surface area (Å²) >= 11 is 0. The summed E-state index contributed by atoms with van der Waals surface area (Å²) in [6, 6.07) is 11.8. The molecule has 5 heteroatoms. The Kier molecular flexibility index (Phi) is 5.11. The van der Waals surface area contributed by atoms with Crippen molar-refractivity contribution < 1.29 is 13.9 Å². The van der Waals surface area contributed by atoms with Crippen molar-refractivity contribution in [1.82, 2.24) is 0 Å². The van der Waals surface area contributed by atoms with Crippen LogP contribution in [0.4, 0.5) is 11.4 Å². The molecule has 1 aromatic carbocycles. The van der Waals surface area contributed by atoms with Gasteiger partial charge in [-0.3, -0.25) is 4.79 Å². The monoisotopic (exact) mass is 312 g/mol. The van der Waals surface area contributed by atoms with E-state index in [1.807, 2.05) is 24.3 Å². The van der Waals surface area contributed by atoms with Crippen LogP contribution in [0.3, 0.4) is 0 Å². The number of hydrogen-bond acceptors (Lipinski definition) is 4. The molecule has 1 aliphatic heterocycles. The van der Waals surface area contributed by atoms with E-state index in [-0.39, 0.29) is 5.91 Å². The SMILES string of the molecule is O=C(C=Cc1ccco1)Nc1ccc(NC2CCOCC2)cc1. The number of benzene rings is 1. The summed E-state index contributed by atoms with van der Waals surface area (Å²) in [5.41, 5.74) is 1.82. The summed E-state index contributed by atoms with van der Waals surface area (Å²) in [5, 5.41) is 6.31. The lowest BCUT2D eigenvalue weighted by Crippen LogP contribution is -2.27. The first kappa shape index (κ1) is 15.4. The van der Waals surface area contributed by atoms with E-state index >= 15 is 0 Å². The van der Waals surface area contributed by atoms with Crippen LogP contribution in [0, 0.1) is 0 Å². The van der Waals surface area contributed by atoms with E-state index in [4.69, 9.17) is 9.15 Å². The van der Waals surface area contributed by atoms with Gasteiger partial charge in [0.15, 0.2) is 0 Å². The van der Waals surface area contributed by atoms with Crippen molar-refractivity contribution in [2.24, 2.45) is 0 Å². The van der Waals surface area contributed by atoms with E-state index in [2.05, 4.69) is 10.6 Å². The highest BCUT2D eigenvalue weighted by molar-refractivity contribution is 6.01. The third-order valence-electron chi connectivity index (χ3n) is 3.69. The third kappa shape index (κ3) is 4.72. The molecule has 1 amide bonds. The van der Waals surface area contributed by atoms with Crippen LogP contribution in [0.5, 0.6) is 0 Å². The van der Waals surface area contributed by atoms with Gasteiger partial charge in [-0.05, 0) is 55.3 Å². The van der Waals surface area contributed by atoms with Gasteiger partial charge in [0, 0.05) is 36.7 Å². The Labute approximate surface area is 135 Å². The van der Waals surface area contributed by atoms with Gasteiger partial charge in [-0.1, -0.05) is 0 Å². The van der Waals surface area contributed by atoms with E-state index in [0.717, 1.165) is 37.4 Å². The molecule has 23 heavy (non-hydrogen) atoms. The molecule has 1 saturated heterocycles. The quantitative estimate of drug-likeness (QED) is 0.829. The molecule has 2 aromatic rings. The number of ether oxygens (including phenoxy) is 1. The van der Waals surface area contributed by atoms with Crippen LogP contribution in [0.2, 0.25) is 0 Å². The number of nitrogens with one attached hydrogen (secondary N) is 2. The number of anilines is 2. The molecular formula is C18H20N2O3. The maximum Gasteiger partial charge on any atom is 0.248 e. The number of rotatable bonds is 5. The van der Waals surface area contributed by atoms with Crippen LogP contribution in [0.15, 0.2) is 53.2 Å². The van der Waals surface area contributed by atoms with Crippen LogP contribution >= 0.6 is 0 Å². The lowest BCUT2D eigenvalue weighted by molar-refractivity contribution is -0.111. The fourth-order valence-corrected chi connectivity index (χ4v) is 2.46. The predicted octanol–water partition coefficient (Wildman–Crippen LogP) is 3.52. The molecule has 3 rings (SSSR count). The highest BCUT2D eigenvalue weighted by atomic mass is 16.5. The normalized spacial score (nSPS) is 15.7. The van der Waals surface area contributed by atoms with E-state index < -0.39 is 0 Å². The van der Waals surface area contributed by atoms with Gasteiger partial charge < -0.3 is 19.8 Å². The smallest absolute Gasteiger partial charge is 0.248 e. The predicted molar refractivity (Wildman–Crippen MR) is 90.3 cm³/mol. The second-order valence-corrected chi connectivity index (χ2v) is 5.45. The van der Waals surface area contributed by atoms with Gasteiger partial charge in [-0.25, -0.2) is 0 Å². The van der Waals surface area contributed by atoms with E-state index in [1.54, 1.807) is 24.5 Å². The molecule has 1 fully saturated rings. The highest BCUT2D eigenvalue weighted by Crippen LogP contribution is 2.18. The average molecular weight is 312 g/mol. The van der Waals surface area contributed by atoms with Crippen molar-refractivity contribution >= 4 is 23.4 Å². The summed E-state index contributed by atoms with van der Waals surface area (Å²) in [6.45, 7) is 1.63. The first-order valence-corrected chi connectivity index (χ1v) is 7.76. The Morgan fingerprint density at radius 2 is 1.83 bits per heavy atom. The van der Waals surface area contributed by atoms with Crippen molar-refractivity contribution in [1.29, 1.82) is 0 Å². The van der Waals surface area contributed by atoms with Crippen molar-refractivity contribution in [3.05, 3.63) is 54.5 Å². The Bertz CT molecular complexity index is 641. The van der Waals surface area contributed by atoms with E-state index in [9.17, 15) is 4.79 Å². The molecule has 120 valence electrons. The van der Waals surface area contributed by atoms with Gasteiger partial charge in [-0.15, -0.1) is 0 Å². The molecule has 1 aromatic heterocycles. The van der Waals surface area contributed by atoms with Gasteiger partial charge in [0.05, 0.1) is 6.26 Å². The molecule has 2 heterocycles. The average Bonchev–Trinajstić information content (AvgIpc) is 3.09. The van der Waals surface area contributed by atoms with E-state index in [1.165, 1.54) is 6.08 Å². The Morgan fingerprint density at radius 3 is 2.52 bits per heavy atom. The van der Waals surface area contributed by atoms with Crippen molar-refractivity contribution in [3.63, 3.8) is 0 Å². The lowest BCUT2D eigenvalue weighted by atomic mass is 10.1. The Morgan fingerprint density at radius 1 is 1.09 bits per heavy atom. The maximum absolute atomic E-state index is 11.8. The molecule has 0 unspecified atom stereocenters. The summed E-state index contributed by atoms with van der Waals surface area (Å²) in [5.74, 6) is 0.461. The molecule has 0 aliphatic carbocycles. The fourth-order valence-electron chi connectivity index (χ4n) is 2.46. The summed E-state index contributed by atoms with van der Waals surface area (Å²) in [6.07, 6.45) is 6.71. The Balaban J connectivity index is 1.51. The minimum Gasteiger partial charge on any atom is -0.465 e. The molecule has 2 N–H and O–H groups in total. The van der Waals surface area contributed by atoms with Gasteiger partial charge in [-0.2, -0.15) is 0 Å². The number of furan rings is 1. The zero-order valence-corrected chi connectivity index (χ0v) is 12.8. The summed E-state index contributed by atoms with van der Waals surface area (Å²) in [4.78, 5) is 11.8. The van der Waals surface area contributed by atoms with E-state index in [0.29, 0.717) is 11.8 Å². The summed E-state index contributed by atoms with van der Waals surface area (Å²) < 4.78 is 10.5. The standard InChI is InChI=1S/C18H20N2O3/c21-18(8-7-17-2-1-11-23-17)20-15-5-3-14(4-6-15)19-16-9-12-22-13-10-16/h1-8,11,16,19H,9-10,12-13H2,(H,20,21). The van der Waals surface area contributed by atoms with Gasteiger partial charge in [0.2, 0.25) is 5.91 Å². The van der Waals surface area contributed by atoms with Crippen LogP contribution in [0.25, 0.3) is 6.08 Å². The van der Waals surface area contributed by atoms with Gasteiger partial charge >= 0.3 is 0 Å². The molecule has 0 saturated carbocycles. The highest BCUT2D eigenvalue weighted by Gasteiger charge is 2.13. The molecule has 0 spiro atoms. The third-order valence-corrected chi connectivity index (χ3v) is 3.69. The van der Waals surface area contributed by atoms with Crippen molar-refractivity contribution in [2.75, 3.05) is 23.8 Å². The van der Waals surface area contributed by atoms with Crippen LogP contribution in [-0.4, -0.2) is 25.2 Å². The number of amides is 1. The second-order valence-electron chi connectivity index (χ2n) is 5.45. The summed E-state index contributed by atoms with van der Waals surface area (Å²) in [7, 11) is 0. The van der Waals surface area contributed by atoms with Gasteiger partial charge in [0.25, 0.3) is 0 Å². The largest absolute Gasteiger partial charge is 0.465 e. The Hall–Kier alpha value is -2.53. The van der Waals surface area contributed by atoms with Crippen molar-refractivity contribution in [2.45, 2.75) is 18.9 Å². The zero-order valence-electron chi connectivity index (χ0n) is 12.8. The fraction of sp³-hybridized carbons (Fsp3) is 0.278. The molecule has 5 nitrogen and oxygen atoms in total.